The third-order valence-corrected chi connectivity index (χ3v) is 4.96. The highest BCUT2D eigenvalue weighted by Gasteiger charge is 2.18. The highest BCUT2D eigenvalue weighted by atomic mass is 16.2. The molecule has 0 saturated carbocycles. The number of carbonyl (C=O) groups is 1. The fourth-order valence-corrected chi connectivity index (χ4v) is 3.33. The van der Waals surface area contributed by atoms with E-state index < -0.39 is 0 Å². The zero-order valence-corrected chi connectivity index (χ0v) is 16.1. The normalized spacial score (nSPS) is 11.9. The fourth-order valence-electron chi connectivity index (χ4n) is 3.33. The summed E-state index contributed by atoms with van der Waals surface area (Å²) in [6.07, 6.45) is 0. The molecule has 144 valence electrons. The first-order valence-electron chi connectivity index (χ1n) is 9.56. The summed E-state index contributed by atoms with van der Waals surface area (Å²) in [6.45, 7) is 2.54. The lowest BCUT2D eigenvalue weighted by Crippen LogP contribution is -2.32. The van der Waals surface area contributed by atoms with Crippen LogP contribution in [0.25, 0.3) is 16.5 Å². The van der Waals surface area contributed by atoms with Crippen molar-refractivity contribution in [3.05, 3.63) is 107 Å². The Labute approximate surface area is 168 Å². The molecule has 1 heterocycles. The Kier molecular flexibility index (Phi) is 5.20. The standard InChI is InChI=1S/C24H21N3O2/c1-17(18-10-4-2-5-11-18)16-25-23(28)22-20-14-8-9-15-21(20)24(29)27(26-22)19-12-6-3-7-13-19/h2-15,17H,16H2,1H3,(H,25,28). The number of para-hydroxylation sites is 1. The molecular weight excluding hydrogens is 362 g/mol. The van der Waals surface area contributed by atoms with E-state index in [2.05, 4.69) is 17.3 Å². The zero-order valence-electron chi connectivity index (χ0n) is 16.1. The van der Waals surface area contributed by atoms with Crippen molar-refractivity contribution in [2.45, 2.75) is 12.8 Å². The predicted molar refractivity (Wildman–Crippen MR) is 115 cm³/mol. The second kappa shape index (κ2) is 8.10. The Morgan fingerprint density at radius 3 is 2.17 bits per heavy atom. The second-order valence-electron chi connectivity index (χ2n) is 6.97. The molecule has 0 fully saturated rings. The van der Waals surface area contributed by atoms with Crippen molar-refractivity contribution < 1.29 is 4.79 Å². The van der Waals surface area contributed by atoms with Gasteiger partial charge in [-0.2, -0.15) is 9.78 Å². The summed E-state index contributed by atoms with van der Waals surface area (Å²) in [6, 6.07) is 26.2. The molecular formula is C24H21N3O2. The van der Waals surface area contributed by atoms with Gasteiger partial charge in [-0.15, -0.1) is 0 Å². The van der Waals surface area contributed by atoms with Crippen molar-refractivity contribution in [2.24, 2.45) is 0 Å². The number of amides is 1. The third-order valence-electron chi connectivity index (χ3n) is 4.96. The van der Waals surface area contributed by atoms with Crippen LogP contribution >= 0.6 is 0 Å². The number of aromatic nitrogens is 2. The van der Waals surface area contributed by atoms with Crippen LogP contribution in [-0.4, -0.2) is 22.2 Å². The molecule has 0 bridgehead atoms. The van der Waals surface area contributed by atoms with Crippen molar-refractivity contribution in [1.82, 2.24) is 15.1 Å². The molecule has 29 heavy (non-hydrogen) atoms. The van der Waals surface area contributed by atoms with Crippen molar-refractivity contribution in [2.75, 3.05) is 6.54 Å². The molecule has 1 N–H and O–H groups in total. The number of rotatable bonds is 5. The topological polar surface area (TPSA) is 64.0 Å². The van der Waals surface area contributed by atoms with Crippen LogP contribution < -0.4 is 10.9 Å². The summed E-state index contributed by atoms with van der Waals surface area (Å²) in [7, 11) is 0. The molecule has 0 saturated heterocycles. The summed E-state index contributed by atoms with van der Waals surface area (Å²) < 4.78 is 1.29. The van der Waals surface area contributed by atoms with Gasteiger partial charge in [0.05, 0.1) is 11.1 Å². The Bertz CT molecular complexity index is 1200. The van der Waals surface area contributed by atoms with Crippen LogP contribution in [0.5, 0.6) is 0 Å². The molecule has 1 unspecified atom stereocenters. The average molecular weight is 383 g/mol. The number of nitrogens with one attached hydrogen (secondary N) is 1. The number of hydrogen-bond donors (Lipinski definition) is 1. The van der Waals surface area contributed by atoms with Crippen LogP contribution in [0.2, 0.25) is 0 Å². The largest absolute Gasteiger partial charge is 0.350 e. The average Bonchev–Trinajstić information content (AvgIpc) is 2.79. The van der Waals surface area contributed by atoms with Gasteiger partial charge in [0, 0.05) is 11.9 Å². The molecule has 1 atom stereocenters. The minimum atomic E-state index is -0.298. The van der Waals surface area contributed by atoms with Crippen LogP contribution in [0, 0.1) is 0 Å². The molecule has 0 aliphatic heterocycles. The SMILES string of the molecule is CC(CNC(=O)c1nn(-c2ccccc2)c(=O)c2ccccc12)c1ccccc1. The molecule has 0 spiro atoms. The van der Waals surface area contributed by atoms with Crippen LogP contribution in [0.4, 0.5) is 0 Å². The molecule has 1 aromatic heterocycles. The van der Waals surface area contributed by atoms with Gasteiger partial charge in [-0.3, -0.25) is 9.59 Å². The van der Waals surface area contributed by atoms with E-state index in [1.165, 1.54) is 4.68 Å². The number of carbonyl (C=O) groups excluding carboxylic acids is 1. The van der Waals surface area contributed by atoms with Crippen LogP contribution in [0.3, 0.4) is 0 Å². The lowest BCUT2D eigenvalue weighted by Gasteiger charge is -2.14. The second-order valence-corrected chi connectivity index (χ2v) is 6.97. The van der Waals surface area contributed by atoms with Gasteiger partial charge in [-0.25, -0.2) is 0 Å². The quantitative estimate of drug-likeness (QED) is 0.568. The molecule has 3 aromatic carbocycles. The third kappa shape index (κ3) is 3.80. The van der Waals surface area contributed by atoms with Crippen LogP contribution in [-0.2, 0) is 0 Å². The van der Waals surface area contributed by atoms with Gasteiger partial charge in [0.25, 0.3) is 11.5 Å². The van der Waals surface area contributed by atoms with Gasteiger partial charge in [-0.05, 0) is 29.7 Å². The van der Waals surface area contributed by atoms with E-state index in [1.54, 1.807) is 36.4 Å². The molecule has 4 aromatic rings. The molecule has 0 aliphatic carbocycles. The molecule has 4 rings (SSSR count). The fraction of sp³-hybridized carbons (Fsp3) is 0.125. The van der Waals surface area contributed by atoms with E-state index in [0.717, 1.165) is 5.56 Å². The van der Waals surface area contributed by atoms with E-state index in [9.17, 15) is 9.59 Å². The summed E-state index contributed by atoms with van der Waals surface area (Å²) in [4.78, 5) is 25.9. The summed E-state index contributed by atoms with van der Waals surface area (Å²) >= 11 is 0. The number of benzene rings is 3. The molecule has 5 nitrogen and oxygen atoms in total. The summed E-state index contributed by atoms with van der Waals surface area (Å²) in [5, 5.41) is 8.40. The van der Waals surface area contributed by atoms with E-state index in [4.69, 9.17) is 0 Å². The van der Waals surface area contributed by atoms with Crippen molar-refractivity contribution in [3.8, 4) is 5.69 Å². The first-order valence-corrected chi connectivity index (χ1v) is 9.56. The molecule has 0 radical (unpaired) electrons. The summed E-state index contributed by atoms with van der Waals surface area (Å²) in [5.41, 5.74) is 1.76. The monoisotopic (exact) mass is 383 g/mol. The lowest BCUT2D eigenvalue weighted by molar-refractivity contribution is 0.0947. The number of nitrogens with zero attached hydrogens (tertiary/aromatic N) is 2. The lowest BCUT2D eigenvalue weighted by atomic mass is 10.0. The van der Waals surface area contributed by atoms with Gasteiger partial charge < -0.3 is 5.32 Å². The minimum Gasteiger partial charge on any atom is -0.350 e. The van der Waals surface area contributed by atoms with E-state index >= 15 is 0 Å². The van der Waals surface area contributed by atoms with Gasteiger partial charge >= 0.3 is 0 Å². The maximum atomic E-state index is 13.0. The Morgan fingerprint density at radius 2 is 1.48 bits per heavy atom. The number of fused-ring (bicyclic) bond motifs is 1. The van der Waals surface area contributed by atoms with Gasteiger partial charge in [0.15, 0.2) is 5.69 Å². The van der Waals surface area contributed by atoms with Gasteiger partial charge in [0.1, 0.15) is 0 Å². The molecule has 5 heteroatoms. The zero-order chi connectivity index (χ0) is 20.2. The molecule has 1 amide bonds. The number of hydrogen-bond acceptors (Lipinski definition) is 3. The summed E-state index contributed by atoms with van der Waals surface area (Å²) in [5.74, 6) is -0.139. The van der Waals surface area contributed by atoms with Crippen LogP contribution in [0.15, 0.2) is 89.7 Å². The van der Waals surface area contributed by atoms with E-state index in [0.29, 0.717) is 23.0 Å². The Balaban J connectivity index is 1.70. The van der Waals surface area contributed by atoms with E-state index in [1.807, 2.05) is 48.5 Å². The predicted octanol–water partition coefficient (Wildman–Crippen LogP) is 3.92. The van der Waals surface area contributed by atoms with E-state index in [-0.39, 0.29) is 23.1 Å². The first kappa shape index (κ1) is 18.6. The van der Waals surface area contributed by atoms with Crippen LogP contribution in [0.1, 0.15) is 28.9 Å². The van der Waals surface area contributed by atoms with Gasteiger partial charge in [-0.1, -0.05) is 73.7 Å². The van der Waals surface area contributed by atoms with Crippen molar-refractivity contribution in [1.29, 1.82) is 0 Å². The van der Waals surface area contributed by atoms with Gasteiger partial charge in [0.2, 0.25) is 0 Å². The highest BCUT2D eigenvalue weighted by Crippen LogP contribution is 2.17. The minimum absolute atomic E-state index is 0.159. The van der Waals surface area contributed by atoms with Crippen molar-refractivity contribution in [3.63, 3.8) is 0 Å². The van der Waals surface area contributed by atoms with Crippen molar-refractivity contribution >= 4 is 16.7 Å². The maximum absolute atomic E-state index is 13.0. The Hall–Kier alpha value is -3.73. The first-order chi connectivity index (χ1) is 14.1. The smallest absolute Gasteiger partial charge is 0.279 e. The Morgan fingerprint density at radius 1 is 0.897 bits per heavy atom. The highest BCUT2D eigenvalue weighted by molar-refractivity contribution is 6.04. The molecule has 0 aliphatic rings. The maximum Gasteiger partial charge on any atom is 0.279 e.